The van der Waals surface area contributed by atoms with Gasteiger partial charge in [-0.25, -0.2) is 0 Å². The molecule has 2 aromatic heterocycles. The third-order valence-corrected chi connectivity index (χ3v) is 6.55. The topological polar surface area (TPSA) is 79.5 Å². The molecule has 7 nitrogen and oxygen atoms in total. The molecule has 188 valence electrons. The molecule has 1 unspecified atom stereocenters. The van der Waals surface area contributed by atoms with E-state index >= 15 is 0 Å². The van der Waals surface area contributed by atoms with Crippen LogP contribution in [0.1, 0.15) is 37.7 Å². The number of aliphatic imine (C=N–C) groups is 2. The van der Waals surface area contributed by atoms with Crippen molar-refractivity contribution >= 4 is 40.4 Å². The Balaban J connectivity index is 0.00000137. The lowest BCUT2D eigenvalue weighted by Gasteiger charge is -2.24. The molecule has 2 N–H and O–H groups in total. The second kappa shape index (κ2) is 10.8. The molecular weight excluding hydrogens is 458 g/mol. The van der Waals surface area contributed by atoms with E-state index in [2.05, 4.69) is 86.1 Å². The number of aromatic nitrogens is 3. The van der Waals surface area contributed by atoms with E-state index in [1.54, 1.807) is 0 Å². The first-order chi connectivity index (χ1) is 18.2. The lowest BCUT2D eigenvalue weighted by atomic mass is 9.98. The van der Waals surface area contributed by atoms with Crippen LogP contribution in [-0.4, -0.2) is 40.3 Å². The molecule has 0 saturated heterocycles. The van der Waals surface area contributed by atoms with Crippen molar-refractivity contribution in [3.8, 4) is 11.1 Å². The zero-order valence-electron chi connectivity index (χ0n) is 21.9. The van der Waals surface area contributed by atoms with Gasteiger partial charge in [-0.2, -0.15) is 10.2 Å². The Morgan fingerprint density at radius 3 is 2.70 bits per heavy atom. The van der Waals surface area contributed by atoms with Crippen molar-refractivity contribution in [1.82, 2.24) is 14.8 Å². The SMILES string of the molecule is CC.Cc1ccc(C(Nc2cc3c(c(-c4ccc5ccn(C)c5c4)c2)NCC=N3)C2=CCCN=C2)nn1. The summed E-state index contributed by atoms with van der Waals surface area (Å²) in [7, 11) is 2.08. The van der Waals surface area contributed by atoms with Crippen LogP contribution in [0.3, 0.4) is 0 Å². The highest BCUT2D eigenvalue weighted by molar-refractivity contribution is 5.96. The number of nitrogens with zero attached hydrogens (tertiary/aromatic N) is 5. The molecule has 0 amide bonds. The molecule has 0 spiro atoms. The molecule has 2 aliphatic heterocycles. The minimum atomic E-state index is -0.158. The smallest absolute Gasteiger partial charge is 0.0970 e. The Bertz CT molecular complexity index is 1490. The van der Waals surface area contributed by atoms with Gasteiger partial charge in [0.25, 0.3) is 0 Å². The molecule has 2 aromatic carbocycles. The fourth-order valence-electron chi connectivity index (χ4n) is 4.73. The molecule has 1 atom stereocenters. The summed E-state index contributed by atoms with van der Waals surface area (Å²) >= 11 is 0. The molecule has 0 bridgehead atoms. The van der Waals surface area contributed by atoms with E-state index in [-0.39, 0.29) is 6.04 Å². The summed E-state index contributed by atoms with van der Waals surface area (Å²) in [4.78, 5) is 9.23. The molecule has 0 fully saturated rings. The van der Waals surface area contributed by atoms with Crippen molar-refractivity contribution in [2.75, 3.05) is 23.7 Å². The number of hydrogen-bond acceptors (Lipinski definition) is 6. The maximum absolute atomic E-state index is 4.71. The van der Waals surface area contributed by atoms with Crippen LogP contribution in [0.4, 0.5) is 17.1 Å². The summed E-state index contributed by atoms with van der Waals surface area (Å²) in [5, 5.41) is 17.3. The Hall–Kier alpha value is -4.26. The van der Waals surface area contributed by atoms with Crippen molar-refractivity contribution in [1.29, 1.82) is 0 Å². The number of nitrogens with one attached hydrogen (secondary N) is 2. The van der Waals surface area contributed by atoms with Crippen LogP contribution in [0, 0.1) is 6.92 Å². The van der Waals surface area contributed by atoms with Gasteiger partial charge in [0.15, 0.2) is 0 Å². The Labute approximate surface area is 218 Å². The molecule has 4 heterocycles. The number of fused-ring (bicyclic) bond motifs is 2. The fourth-order valence-corrected chi connectivity index (χ4v) is 4.73. The van der Waals surface area contributed by atoms with Crippen LogP contribution in [0.2, 0.25) is 0 Å². The number of anilines is 2. The molecular formula is C30H33N7. The van der Waals surface area contributed by atoms with Gasteiger partial charge in [0.05, 0.1) is 35.3 Å². The average molecular weight is 492 g/mol. The molecule has 6 rings (SSSR count). The van der Waals surface area contributed by atoms with Crippen LogP contribution in [0.5, 0.6) is 0 Å². The van der Waals surface area contributed by atoms with E-state index in [4.69, 9.17) is 4.99 Å². The molecule has 0 radical (unpaired) electrons. The molecule has 0 saturated carbocycles. The number of hydrogen-bond donors (Lipinski definition) is 2. The van der Waals surface area contributed by atoms with E-state index < -0.39 is 0 Å². The first-order valence-electron chi connectivity index (χ1n) is 12.9. The highest BCUT2D eigenvalue weighted by Crippen LogP contribution is 2.42. The quantitative estimate of drug-likeness (QED) is 0.327. The van der Waals surface area contributed by atoms with E-state index in [0.717, 1.165) is 58.1 Å². The van der Waals surface area contributed by atoms with E-state index in [1.165, 1.54) is 10.9 Å². The van der Waals surface area contributed by atoms with Crippen molar-refractivity contribution in [2.24, 2.45) is 17.0 Å². The number of rotatable bonds is 5. The number of benzene rings is 2. The zero-order valence-corrected chi connectivity index (χ0v) is 21.9. The summed E-state index contributed by atoms with van der Waals surface area (Å²) in [6.07, 6.45) is 9.11. The van der Waals surface area contributed by atoms with E-state index in [0.29, 0.717) is 6.54 Å². The lowest BCUT2D eigenvalue weighted by Crippen LogP contribution is -2.18. The normalized spacial score (nSPS) is 14.8. The van der Waals surface area contributed by atoms with Crippen LogP contribution >= 0.6 is 0 Å². The molecule has 37 heavy (non-hydrogen) atoms. The third kappa shape index (κ3) is 5.03. The Morgan fingerprint density at radius 2 is 1.92 bits per heavy atom. The molecule has 4 aromatic rings. The van der Waals surface area contributed by atoms with Gasteiger partial charge in [-0.05, 0) is 66.3 Å². The van der Waals surface area contributed by atoms with Gasteiger partial charge in [-0.1, -0.05) is 32.1 Å². The Kier molecular flexibility index (Phi) is 7.12. The highest BCUT2D eigenvalue weighted by atomic mass is 15.1. The largest absolute Gasteiger partial charge is 0.378 e. The number of dihydropyridines is 1. The summed E-state index contributed by atoms with van der Waals surface area (Å²) in [5.74, 6) is 0. The van der Waals surface area contributed by atoms with Crippen molar-refractivity contribution < 1.29 is 0 Å². The monoisotopic (exact) mass is 491 g/mol. The van der Waals surface area contributed by atoms with Gasteiger partial charge in [0, 0.05) is 49.0 Å². The predicted molar refractivity (Wildman–Crippen MR) is 156 cm³/mol. The number of aryl methyl sites for hydroxylation is 2. The summed E-state index contributed by atoms with van der Waals surface area (Å²) < 4.78 is 2.15. The van der Waals surface area contributed by atoms with Crippen molar-refractivity contribution in [2.45, 2.75) is 33.2 Å². The van der Waals surface area contributed by atoms with Crippen molar-refractivity contribution in [3.05, 3.63) is 77.8 Å². The van der Waals surface area contributed by atoms with Gasteiger partial charge in [0.2, 0.25) is 0 Å². The first-order valence-corrected chi connectivity index (χ1v) is 12.9. The fraction of sp³-hybridized carbons (Fsp3) is 0.267. The van der Waals surface area contributed by atoms with Gasteiger partial charge in [-0.15, -0.1) is 0 Å². The minimum absolute atomic E-state index is 0.158. The summed E-state index contributed by atoms with van der Waals surface area (Å²) in [6.45, 7) is 7.48. The Morgan fingerprint density at radius 1 is 1.03 bits per heavy atom. The lowest BCUT2D eigenvalue weighted by molar-refractivity contribution is 0.817. The van der Waals surface area contributed by atoms with Crippen LogP contribution in [0.15, 0.2) is 76.4 Å². The highest BCUT2D eigenvalue weighted by Gasteiger charge is 2.21. The van der Waals surface area contributed by atoms with Crippen LogP contribution in [-0.2, 0) is 7.05 Å². The van der Waals surface area contributed by atoms with Crippen LogP contribution in [0.25, 0.3) is 22.0 Å². The second-order valence-corrected chi connectivity index (χ2v) is 9.02. The van der Waals surface area contributed by atoms with Crippen LogP contribution < -0.4 is 10.6 Å². The second-order valence-electron chi connectivity index (χ2n) is 9.02. The minimum Gasteiger partial charge on any atom is -0.378 e. The average Bonchev–Trinajstić information content (AvgIpc) is 3.33. The van der Waals surface area contributed by atoms with Crippen molar-refractivity contribution in [3.63, 3.8) is 0 Å². The molecule has 2 aliphatic rings. The predicted octanol–water partition coefficient (Wildman–Crippen LogP) is 6.65. The maximum atomic E-state index is 4.71. The first kappa shape index (κ1) is 24.4. The van der Waals surface area contributed by atoms with Gasteiger partial charge in [0.1, 0.15) is 0 Å². The zero-order chi connectivity index (χ0) is 25.8. The third-order valence-electron chi connectivity index (χ3n) is 6.55. The van der Waals surface area contributed by atoms with Gasteiger partial charge < -0.3 is 15.2 Å². The standard InChI is InChI=1S/C28H27N7.C2H6/c1-18-5-8-24(34-33-18)27(21-4-3-10-29-17-21)32-22-15-23(28-25(16-22)30-11-12-31-28)20-7-6-19-9-13-35(2)26(19)14-20;1-2/h4-9,11,13-17,27,31-32H,3,10,12H2,1-2H3;1-2H3. The van der Waals surface area contributed by atoms with E-state index in [1.807, 2.05) is 45.3 Å². The summed E-state index contributed by atoms with van der Waals surface area (Å²) in [6, 6.07) is 16.9. The van der Waals surface area contributed by atoms with Gasteiger partial charge >= 0.3 is 0 Å². The summed E-state index contributed by atoms with van der Waals surface area (Å²) in [5.41, 5.74) is 9.26. The van der Waals surface area contributed by atoms with Gasteiger partial charge in [-0.3, -0.25) is 9.98 Å². The maximum Gasteiger partial charge on any atom is 0.0970 e. The molecule has 7 heteroatoms. The molecule has 0 aliphatic carbocycles. The van der Waals surface area contributed by atoms with E-state index in [9.17, 15) is 0 Å².